The van der Waals surface area contributed by atoms with Crippen LogP contribution in [0.1, 0.15) is 28.8 Å². The minimum absolute atomic E-state index is 0.0310. The quantitative estimate of drug-likeness (QED) is 0.180. The van der Waals surface area contributed by atoms with Crippen LogP contribution in [0.4, 0.5) is 0 Å². The van der Waals surface area contributed by atoms with Crippen LogP contribution in [0.25, 0.3) is 98.4 Å². The normalized spacial score (nSPS) is 18.1. The molecule has 9 aromatic carbocycles. The van der Waals surface area contributed by atoms with Gasteiger partial charge in [-0.1, -0.05) is 133 Å². The van der Waals surface area contributed by atoms with E-state index >= 15 is 0 Å². The lowest BCUT2D eigenvalue weighted by atomic mass is 9.84. The number of para-hydroxylation sites is 1. The second-order valence-corrected chi connectivity index (χ2v) is 10.8. The Labute approximate surface area is 301 Å². The molecule has 0 fully saturated rings. The number of furan rings is 1. The minimum atomic E-state index is -0.691. The fourth-order valence-electron chi connectivity index (χ4n) is 6.13. The molecule has 0 saturated heterocycles. The van der Waals surface area contributed by atoms with Crippen molar-refractivity contribution in [3.05, 3.63) is 169 Å². The van der Waals surface area contributed by atoms with Crippen molar-refractivity contribution in [1.82, 2.24) is 0 Å². The van der Waals surface area contributed by atoms with Gasteiger partial charge in [0.25, 0.3) is 0 Å². The zero-order chi connectivity index (χ0) is 49.2. The van der Waals surface area contributed by atoms with Gasteiger partial charge in [-0.25, -0.2) is 0 Å². The number of hydrogen-bond acceptors (Lipinski definition) is 1. The Balaban J connectivity index is 1.43. The highest BCUT2D eigenvalue weighted by atomic mass is 16.3. The van der Waals surface area contributed by atoms with Gasteiger partial charge in [-0.15, -0.1) is 0 Å². The van der Waals surface area contributed by atoms with E-state index in [0.717, 1.165) is 0 Å². The fraction of sp³-hybridized carbons (Fsp3) is 0. The van der Waals surface area contributed by atoms with Gasteiger partial charge in [-0.2, -0.15) is 0 Å². The molecule has 0 radical (unpaired) electrons. The van der Waals surface area contributed by atoms with Gasteiger partial charge < -0.3 is 4.42 Å². The van der Waals surface area contributed by atoms with Crippen LogP contribution in [-0.4, -0.2) is 0 Å². The number of rotatable bonds is 3. The lowest BCUT2D eigenvalue weighted by Crippen LogP contribution is -1.92. The molecular formula is C46H28O. The van der Waals surface area contributed by atoms with E-state index in [-0.39, 0.29) is 98.4 Å². The van der Waals surface area contributed by atoms with Crippen LogP contribution < -0.4 is 0 Å². The fourth-order valence-corrected chi connectivity index (χ4v) is 6.13. The molecule has 1 heteroatoms. The Hall–Kier alpha value is -6.18. The molecule has 0 saturated carbocycles. The molecule has 0 spiro atoms. The van der Waals surface area contributed by atoms with E-state index in [1.807, 2.05) is 0 Å². The monoisotopic (exact) mass is 617 g/mol. The second-order valence-electron chi connectivity index (χ2n) is 10.8. The Kier molecular flexibility index (Phi) is 2.79. The molecule has 10 aromatic rings. The van der Waals surface area contributed by atoms with Gasteiger partial charge in [0.15, 0.2) is 0 Å². The van der Waals surface area contributed by atoms with Crippen molar-refractivity contribution in [2.24, 2.45) is 0 Å². The lowest BCUT2D eigenvalue weighted by Gasteiger charge is -2.19. The average Bonchev–Trinajstić information content (AvgIpc) is 3.73. The van der Waals surface area contributed by atoms with E-state index in [1.54, 1.807) is 24.3 Å². The first-order valence-corrected chi connectivity index (χ1v) is 14.5. The van der Waals surface area contributed by atoms with E-state index in [2.05, 4.69) is 0 Å². The summed E-state index contributed by atoms with van der Waals surface area (Å²) < 4.78 is 192. The van der Waals surface area contributed by atoms with Gasteiger partial charge in [0, 0.05) is 10.8 Å². The maximum absolute atomic E-state index is 9.61. The zero-order valence-electron chi connectivity index (χ0n) is 44.9. The highest BCUT2D eigenvalue weighted by molar-refractivity contribution is 6.22. The third-order valence-corrected chi connectivity index (χ3v) is 8.20. The first-order valence-electron chi connectivity index (χ1n) is 25.0. The minimum Gasteiger partial charge on any atom is -0.456 e. The standard InChI is InChI=1S/C46H28O/c1-3-11-31-25-35(19-17-29(31)9-1)45-39-14-5-6-15-40(39)46(36-20-18-30-10-2-4-12-32(30)26-36)42-27-33(22-24-41(42)45)34-21-23-38-37-13-7-8-16-43(37)47-44(38)28-34/h1-28H/i1D,2D,3D,4D,7D,8D,9D,10D,11D,12D,13D,16D,17D,18D,19D,20D,21D,23D,25D,26D,28D. The van der Waals surface area contributed by atoms with Crippen LogP contribution in [0.3, 0.4) is 0 Å². The molecule has 0 aliphatic heterocycles. The Morgan fingerprint density at radius 1 is 0.362 bits per heavy atom. The average molecular weight is 618 g/mol. The molecule has 218 valence electrons. The van der Waals surface area contributed by atoms with Crippen molar-refractivity contribution < 1.29 is 33.2 Å². The molecule has 0 aliphatic rings. The van der Waals surface area contributed by atoms with Crippen LogP contribution in [0.15, 0.2) is 174 Å². The third kappa shape index (κ3) is 4.10. The van der Waals surface area contributed by atoms with E-state index < -0.39 is 127 Å². The first kappa shape index (κ1) is 12.9. The van der Waals surface area contributed by atoms with E-state index in [1.165, 1.54) is 18.2 Å². The number of fused-ring (bicyclic) bond motifs is 7. The van der Waals surface area contributed by atoms with Crippen LogP contribution >= 0.6 is 0 Å². The summed E-state index contributed by atoms with van der Waals surface area (Å²) >= 11 is 0. The van der Waals surface area contributed by atoms with Crippen molar-refractivity contribution >= 4 is 65.0 Å². The van der Waals surface area contributed by atoms with Gasteiger partial charge >= 0.3 is 0 Å². The van der Waals surface area contributed by atoms with Gasteiger partial charge in [0.05, 0.1) is 28.8 Å². The van der Waals surface area contributed by atoms with Gasteiger partial charge in [-0.3, -0.25) is 0 Å². The lowest BCUT2D eigenvalue weighted by molar-refractivity contribution is 0.669. The zero-order valence-corrected chi connectivity index (χ0v) is 23.9. The van der Waals surface area contributed by atoms with Gasteiger partial charge in [0.1, 0.15) is 11.2 Å². The van der Waals surface area contributed by atoms with E-state index in [4.69, 9.17) is 25.0 Å². The molecule has 10 rings (SSSR count). The Morgan fingerprint density at radius 2 is 0.915 bits per heavy atom. The van der Waals surface area contributed by atoms with Crippen molar-refractivity contribution in [3.63, 3.8) is 0 Å². The van der Waals surface area contributed by atoms with Gasteiger partial charge in [-0.05, 0) is 113 Å². The Bertz CT molecular complexity index is 4040. The SMILES string of the molecule is [2H]c1c([2H])c([2H])c2c(oc3c([2H])c(-c4ccc5c(-c6c([2H])c([2H])c7c([2H])c([2H])c([2H])c([2H])c7c6[2H])c6ccccc6c(-c6c([2H])c([2H])c7c([2H])c([2H])c([2H])c([2H])c7c6[2H])c5c4)c([2H])c([2H])c32)c1[2H]. The highest BCUT2D eigenvalue weighted by Crippen LogP contribution is 2.46. The molecule has 0 amide bonds. The third-order valence-electron chi connectivity index (χ3n) is 8.20. The largest absolute Gasteiger partial charge is 0.456 e. The van der Waals surface area contributed by atoms with Crippen molar-refractivity contribution in [1.29, 1.82) is 0 Å². The first-order chi connectivity index (χ1) is 32.1. The smallest absolute Gasteiger partial charge is 0.136 e. The van der Waals surface area contributed by atoms with Crippen LogP contribution in [0, 0.1) is 0 Å². The molecule has 47 heavy (non-hydrogen) atoms. The summed E-state index contributed by atoms with van der Waals surface area (Å²) in [6, 6.07) is -1.96. The predicted molar refractivity (Wildman–Crippen MR) is 200 cm³/mol. The highest BCUT2D eigenvalue weighted by Gasteiger charge is 2.18. The van der Waals surface area contributed by atoms with E-state index in [0.29, 0.717) is 0 Å². The van der Waals surface area contributed by atoms with Crippen LogP contribution in [0.2, 0.25) is 0 Å². The molecule has 0 bridgehead atoms. The Morgan fingerprint density at radius 3 is 1.62 bits per heavy atom. The second kappa shape index (κ2) is 10.2. The summed E-state index contributed by atoms with van der Waals surface area (Å²) in [7, 11) is 0. The molecule has 1 nitrogen and oxygen atoms in total. The molecular weight excluding hydrogens is 569 g/mol. The van der Waals surface area contributed by atoms with Gasteiger partial charge in [0.2, 0.25) is 0 Å². The summed E-state index contributed by atoms with van der Waals surface area (Å²) in [5.41, 5.74) is -1.23. The van der Waals surface area contributed by atoms with Crippen LogP contribution in [0.5, 0.6) is 0 Å². The summed E-state index contributed by atoms with van der Waals surface area (Å²) in [5, 5.41) is -1.18. The van der Waals surface area contributed by atoms with Crippen LogP contribution in [-0.2, 0) is 0 Å². The summed E-state index contributed by atoms with van der Waals surface area (Å²) in [6.45, 7) is 0. The maximum Gasteiger partial charge on any atom is 0.136 e. The van der Waals surface area contributed by atoms with E-state index in [9.17, 15) is 8.22 Å². The van der Waals surface area contributed by atoms with Crippen molar-refractivity contribution in [2.45, 2.75) is 0 Å². The molecule has 0 atom stereocenters. The topological polar surface area (TPSA) is 13.1 Å². The molecule has 0 unspecified atom stereocenters. The number of benzene rings is 9. The van der Waals surface area contributed by atoms with Crippen molar-refractivity contribution in [3.8, 4) is 33.4 Å². The molecule has 1 aromatic heterocycles. The molecule has 0 N–H and O–H groups in total. The van der Waals surface area contributed by atoms with Crippen molar-refractivity contribution in [2.75, 3.05) is 0 Å². The summed E-state index contributed by atoms with van der Waals surface area (Å²) in [4.78, 5) is 0. The summed E-state index contributed by atoms with van der Waals surface area (Å²) in [6.07, 6.45) is 0. The predicted octanol–water partition coefficient (Wildman–Crippen LogP) is 13.2. The maximum atomic E-state index is 9.61. The molecule has 1 heterocycles. The molecule has 0 aliphatic carbocycles. The summed E-state index contributed by atoms with van der Waals surface area (Å²) in [5.74, 6) is 0. The number of hydrogen-bond donors (Lipinski definition) is 0.